The molecule has 1 aliphatic rings. The lowest BCUT2D eigenvalue weighted by molar-refractivity contribution is 0.180. The zero-order chi connectivity index (χ0) is 12.4. The highest BCUT2D eigenvalue weighted by molar-refractivity contribution is 9.10. The van der Waals surface area contributed by atoms with Gasteiger partial charge in [-0.2, -0.15) is 0 Å². The normalized spacial score (nSPS) is 31.4. The maximum absolute atomic E-state index is 5.37. The average molecular weight is 300 g/mol. The Bertz CT molecular complexity index is 353. The average Bonchev–Trinajstić information content (AvgIpc) is 2.65. The number of nitrogens with one attached hydrogen (secondary N) is 1. The van der Waals surface area contributed by atoms with E-state index in [1.54, 1.807) is 6.26 Å². The summed E-state index contributed by atoms with van der Waals surface area (Å²) < 4.78 is 6.25. The first kappa shape index (κ1) is 13.2. The van der Waals surface area contributed by atoms with Crippen molar-refractivity contribution in [1.82, 2.24) is 5.32 Å². The van der Waals surface area contributed by atoms with Gasteiger partial charge in [-0.25, -0.2) is 0 Å². The molecule has 0 spiro atoms. The van der Waals surface area contributed by atoms with Crippen LogP contribution in [0.3, 0.4) is 0 Å². The highest BCUT2D eigenvalue weighted by Gasteiger charge is 2.31. The Labute approximate surface area is 112 Å². The van der Waals surface area contributed by atoms with Crippen LogP contribution in [0.4, 0.5) is 0 Å². The van der Waals surface area contributed by atoms with Crippen LogP contribution in [0, 0.1) is 17.8 Å². The van der Waals surface area contributed by atoms with Gasteiger partial charge in [-0.1, -0.05) is 13.8 Å². The smallest absolute Gasteiger partial charge is 0.173 e. The van der Waals surface area contributed by atoms with Gasteiger partial charge >= 0.3 is 0 Å². The third-order valence-electron chi connectivity index (χ3n) is 3.98. The van der Waals surface area contributed by atoms with Crippen LogP contribution in [0.15, 0.2) is 21.4 Å². The van der Waals surface area contributed by atoms with Crippen LogP contribution in [0.2, 0.25) is 0 Å². The van der Waals surface area contributed by atoms with Gasteiger partial charge in [0.25, 0.3) is 0 Å². The molecule has 1 aromatic heterocycles. The monoisotopic (exact) mass is 299 g/mol. The zero-order valence-corrected chi connectivity index (χ0v) is 12.5. The minimum absolute atomic E-state index is 0.410. The minimum atomic E-state index is 0.410. The molecule has 1 fully saturated rings. The van der Waals surface area contributed by atoms with Gasteiger partial charge in [0.2, 0.25) is 0 Å². The number of rotatable bonds is 3. The number of furan rings is 1. The Morgan fingerprint density at radius 1 is 1.29 bits per heavy atom. The van der Waals surface area contributed by atoms with Crippen molar-refractivity contribution in [3.63, 3.8) is 0 Å². The Morgan fingerprint density at radius 3 is 2.41 bits per heavy atom. The lowest BCUT2D eigenvalue weighted by atomic mass is 9.73. The van der Waals surface area contributed by atoms with Gasteiger partial charge in [-0.3, -0.25) is 0 Å². The summed E-state index contributed by atoms with van der Waals surface area (Å²) in [7, 11) is 2.05. The first-order valence-corrected chi connectivity index (χ1v) is 7.31. The molecule has 3 heteroatoms. The standard InChI is InChI=1S/C14H22BrNO/c1-9-6-10(2)8-11(7-9)13(16-3)12-4-5-17-14(12)15/h4-5,9-11,13,16H,6-8H2,1-3H3. The van der Waals surface area contributed by atoms with E-state index in [1.807, 2.05) is 7.05 Å². The molecule has 1 aromatic rings. The van der Waals surface area contributed by atoms with Crippen LogP contribution in [0.1, 0.15) is 44.7 Å². The van der Waals surface area contributed by atoms with Gasteiger partial charge in [0, 0.05) is 11.6 Å². The van der Waals surface area contributed by atoms with E-state index in [-0.39, 0.29) is 0 Å². The Morgan fingerprint density at radius 2 is 1.94 bits per heavy atom. The second kappa shape index (κ2) is 5.57. The van der Waals surface area contributed by atoms with Gasteiger partial charge in [0.1, 0.15) is 0 Å². The van der Waals surface area contributed by atoms with Crippen LogP contribution in [-0.2, 0) is 0 Å². The van der Waals surface area contributed by atoms with Crippen LogP contribution in [0.25, 0.3) is 0 Å². The highest BCUT2D eigenvalue weighted by atomic mass is 79.9. The predicted octanol–water partition coefficient (Wildman–Crippen LogP) is 4.37. The molecule has 3 atom stereocenters. The molecule has 96 valence electrons. The third-order valence-corrected chi connectivity index (χ3v) is 4.62. The quantitative estimate of drug-likeness (QED) is 0.896. The fraction of sp³-hybridized carbons (Fsp3) is 0.714. The number of halogens is 1. The van der Waals surface area contributed by atoms with Crippen molar-refractivity contribution in [2.45, 2.75) is 39.2 Å². The summed E-state index contributed by atoms with van der Waals surface area (Å²) in [5.74, 6) is 2.39. The molecular weight excluding hydrogens is 278 g/mol. The summed E-state index contributed by atoms with van der Waals surface area (Å²) in [6.45, 7) is 4.75. The van der Waals surface area contributed by atoms with Crippen LogP contribution >= 0.6 is 15.9 Å². The summed E-state index contributed by atoms with van der Waals surface area (Å²) >= 11 is 3.50. The zero-order valence-electron chi connectivity index (χ0n) is 10.9. The van der Waals surface area contributed by atoms with Crippen molar-refractivity contribution in [1.29, 1.82) is 0 Å². The molecule has 0 amide bonds. The summed E-state index contributed by atoms with van der Waals surface area (Å²) in [5.41, 5.74) is 1.26. The fourth-order valence-electron chi connectivity index (χ4n) is 3.45. The maximum Gasteiger partial charge on any atom is 0.173 e. The van der Waals surface area contributed by atoms with Crippen molar-refractivity contribution in [3.8, 4) is 0 Å². The van der Waals surface area contributed by atoms with E-state index in [2.05, 4.69) is 41.2 Å². The van der Waals surface area contributed by atoms with Crippen molar-refractivity contribution in [3.05, 3.63) is 22.6 Å². The molecule has 0 aromatic carbocycles. The Hall–Kier alpha value is -0.280. The van der Waals surface area contributed by atoms with Crippen molar-refractivity contribution < 1.29 is 4.42 Å². The number of hydrogen-bond donors (Lipinski definition) is 1. The third kappa shape index (κ3) is 2.94. The molecule has 0 bridgehead atoms. The van der Waals surface area contributed by atoms with Crippen LogP contribution in [0.5, 0.6) is 0 Å². The van der Waals surface area contributed by atoms with E-state index >= 15 is 0 Å². The molecular formula is C14H22BrNO. The van der Waals surface area contributed by atoms with Gasteiger partial charge in [-0.15, -0.1) is 0 Å². The molecule has 17 heavy (non-hydrogen) atoms. The molecule has 2 nitrogen and oxygen atoms in total. The van der Waals surface area contributed by atoms with E-state index in [1.165, 1.54) is 24.8 Å². The molecule has 3 unspecified atom stereocenters. The second-order valence-electron chi connectivity index (χ2n) is 5.59. The first-order chi connectivity index (χ1) is 8.11. The molecule has 0 saturated heterocycles. The van der Waals surface area contributed by atoms with Gasteiger partial charge in [-0.05, 0) is 66.1 Å². The van der Waals surface area contributed by atoms with E-state index in [0.29, 0.717) is 12.0 Å². The SMILES string of the molecule is CNC(c1ccoc1Br)C1CC(C)CC(C)C1. The fourth-order valence-corrected chi connectivity index (χ4v) is 3.94. The molecule has 0 aliphatic heterocycles. The summed E-state index contributed by atoms with van der Waals surface area (Å²) in [6.07, 6.45) is 5.76. The lowest BCUT2D eigenvalue weighted by Gasteiger charge is -2.36. The van der Waals surface area contributed by atoms with E-state index in [4.69, 9.17) is 4.42 Å². The van der Waals surface area contributed by atoms with Crippen LogP contribution in [-0.4, -0.2) is 7.05 Å². The second-order valence-corrected chi connectivity index (χ2v) is 6.31. The largest absolute Gasteiger partial charge is 0.457 e. The van der Waals surface area contributed by atoms with Crippen molar-refractivity contribution in [2.75, 3.05) is 7.05 Å². The molecule has 2 rings (SSSR count). The molecule has 1 N–H and O–H groups in total. The van der Waals surface area contributed by atoms with E-state index in [9.17, 15) is 0 Å². The lowest BCUT2D eigenvalue weighted by Crippen LogP contribution is -2.31. The predicted molar refractivity (Wildman–Crippen MR) is 73.9 cm³/mol. The number of hydrogen-bond acceptors (Lipinski definition) is 2. The van der Waals surface area contributed by atoms with Crippen molar-refractivity contribution in [2.24, 2.45) is 17.8 Å². The van der Waals surface area contributed by atoms with E-state index in [0.717, 1.165) is 16.5 Å². The first-order valence-electron chi connectivity index (χ1n) is 6.52. The van der Waals surface area contributed by atoms with Gasteiger partial charge in [0.05, 0.1) is 6.26 Å². The summed E-state index contributed by atoms with van der Waals surface area (Å²) in [5, 5.41) is 3.47. The minimum Gasteiger partial charge on any atom is -0.457 e. The highest BCUT2D eigenvalue weighted by Crippen LogP contribution is 2.41. The Kier molecular flexibility index (Phi) is 4.31. The summed E-state index contributed by atoms with van der Waals surface area (Å²) in [4.78, 5) is 0. The molecule has 0 radical (unpaired) electrons. The summed E-state index contributed by atoms with van der Waals surface area (Å²) in [6, 6.07) is 2.49. The van der Waals surface area contributed by atoms with E-state index < -0.39 is 0 Å². The molecule has 1 saturated carbocycles. The molecule has 1 aliphatic carbocycles. The van der Waals surface area contributed by atoms with Crippen molar-refractivity contribution >= 4 is 15.9 Å². The topological polar surface area (TPSA) is 25.2 Å². The van der Waals surface area contributed by atoms with Gasteiger partial charge < -0.3 is 9.73 Å². The van der Waals surface area contributed by atoms with Gasteiger partial charge in [0.15, 0.2) is 4.67 Å². The molecule has 1 heterocycles. The Balaban J connectivity index is 2.15. The van der Waals surface area contributed by atoms with Crippen LogP contribution < -0.4 is 5.32 Å². The maximum atomic E-state index is 5.37.